The van der Waals surface area contributed by atoms with Crippen molar-refractivity contribution in [3.63, 3.8) is 0 Å². The summed E-state index contributed by atoms with van der Waals surface area (Å²) >= 11 is 12.8. The van der Waals surface area contributed by atoms with Crippen molar-refractivity contribution in [1.29, 1.82) is 0 Å². The quantitative estimate of drug-likeness (QED) is 0.581. The molecule has 1 aromatic heterocycles. The summed E-state index contributed by atoms with van der Waals surface area (Å²) in [4.78, 5) is 17.1. The molecule has 4 rings (SSSR count). The van der Waals surface area contributed by atoms with Crippen molar-refractivity contribution in [3.8, 4) is 0 Å². The fourth-order valence-electron chi connectivity index (χ4n) is 3.60. The van der Waals surface area contributed by atoms with Crippen molar-refractivity contribution in [1.82, 2.24) is 4.57 Å². The summed E-state index contributed by atoms with van der Waals surface area (Å²) in [5.41, 5.74) is 5.82. The molecule has 4 nitrogen and oxygen atoms in total. The molecule has 2 aromatic carbocycles. The fraction of sp³-hybridized carbons (Fsp3) is 0.182. The van der Waals surface area contributed by atoms with Crippen molar-refractivity contribution in [2.75, 3.05) is 5.32 Å². The molecule has 2 heterocycles. The van der Waals surface area contributed by atoms with Gasteiger partial charge in [0, 0.05) is 40.6 Å². The molecule has 0 radical (unpaired) electrons. The van der Waals surface area contributed by atoms with E-state index in [2.05, 4.69) is 10.3 Å². The van der Waals surface area contributed by atoms with Crippen LogP contribution >= 0.6 is 23.2 Å². The number of carbonyl (C=O) groups excluding carboxylic acids is 1. The standard InChI is InChI=1S/C22H19Cl2N3O/c1-13-4-3-5-19(14(13)2)26-21(28)12-27-20-7-9-25-8-6-16(20)17-10-15(23)11-18(24)22(17)27/h3-5,7-11H,6,12H2,1-2H3,(H,26,28). The number of amides is 1. The molecule has 0 unspecified atom stereocenters. The van der Waals surface area contributed by atoms with E-state index in [0.717, 1.165) is 39.0 Å². The van der Waals surface area contributed by atoms with Gasteiger partial charge in [-0.3, -0.25) is 9.79 Å². The van der Waals surface area contributed by atoms with Gasteiger partial charge in [0.15, 0.2) is 0 Å². The first-order valence-corrected chi connectivity index (χ1v) is 9.75. The number of aliphatic imine (C=N–C) groups is 1. The smallest absolute Gasteiger partial charge is 0.244 e. The van der Waals surface area contributed by atoms with E-state index in [1.54, 1.807) is 12.3 Å². The molecule has 0 atom stereocenters. The second-order valence-electron chi connectivity index (χ2n) is 6.88. The zero-order chi connectivity index (χ0) is 19.8. The number of carbonyl (C=O) groups is 1. The highest BCUT2D eigenvalue weighted by molar-refractivity contribution is 6.38. The van der Waals surface area contributed by atoms with Gasteiger partial charge in [0.2, 0.25) is 5.91 Å². The monoisotopic (exact) mass is 411 g/mol. The normalized spacial score (nSPS) is 12.9. The summed E-state index contributed by atoms with van der Waals surface area (Å²) in [7, 11) is 0. The van der Waals surface area contributed by atoms with Crippen LogP contribution in [0.5, 0.6) is 0 Å². The van der Waals surface area contributed by atoms with Gasteiger partial charge in [-0.2, -0.15) is 0 Å². The summed E-state index contributed by atoms with van der Waals surface area (Å²) < 4.78 is 1.94. The van der Waals surface area contributed by atoms with E-state index in [0.29, 0.717) is 16.5 Å². The molecule has 0 spiro atoms. The number of aryl methyl sites for hydroxylation is 1. The van der Waals surface area contributed by atoms with Crippen LogP contribution < -0.4 is 5.32 Å². The molecule has 1 amide bonds. The minimum absolute atomic E-state index is 0.113. The molecule has 0 saturated heterocycles. The Kier molecular flexibility index (Phi) is 5.00. The topological polar surface area (TPSA) is 46.4 Å². The highest BCUT2D eigenvalue weighted by atomic mass is 35.5. The van der Waals surface area contributed by atoms with E-state index in [1.165, 1.54) is 0 Å². The number of benzene rings is 2. The van der Waals surface area contributed by atoms with Crippen molar-refractivity contribution in [2.24, 2.45) is 4.99 Å². The first-order valence-electron chi connectivity index (χ1n) is 9.00. The second-order valence-corrected chi connectivity index (χ2v) is 7.72. The lowest BCUT2D eigenvalue weighted by Gasteiger charge is -2.13. The summed E-state index contributed by atoms with van der Waals surface area (Å²) in [5, 5.41) is 5.07. The lowest BCUT2D eigenvalue weighted by Crippen LogP contribution is -2.20. The number of anilines is 1. The van der Waals surface area contributed by atoms with E-state index in [9.17, 15) is 4.79 Å². The minimum Gasteiger partial charge on any atom is -0.330 e. The van der Waals surface area contributed by atoms with E-state index in [1.807, 2.05) is 55.0 Å². The Morgan fingerprint density at radius 3 is 2.89 bits per heavy atom. The maximum atomic E-state index is 12.9. The Morgan fingerprint density at radius 1 is 1.25 bits per heavy atom. The van der Waals surface area contributed by atoms with Gasteiger partial charge in [-0.25, -0.2) is 0 Å². The predicted octanol–water partition coefficient (Wildman–Crippen LogP) is 5.80. The van der Waals surface area contributed by atoms with Crippen molar-refractivity contribution in [2.45, 2.75) is 26.8 Å². The average Bonchev–Trinajstić information content (AvgIpc) is 2.80. The maximum absolute atomic E-state index is 12.9. The van der Waals surface area contributed by atoms with Gasteiger partial charge >= 0.3 is 0 Å². The summed E-state index contributed by atoms with van der Waals surface area (Å²) in [6.07, 6.45) is 6.14. The van der Waals surface area contributed by atoms with Crippen LogP contribution in [0.25, 0.3) is 17.0 Å². The number of fused-ring (bicyclic) bond motifs is 3. The molecule has 28 heavy (non-hydrogen) atoms. The van der Waals surface area contributed by atoms with E-state index < -0.39 is 0 Å². The third kappa shape index (κ3) is 3.34. The maximum Gasteiger partial charge on any atom is 0.244 e. The highest BCUT2D eigenvalue weighted by Gasteiger charge is 2.20. The van der Waals surface area contributed by atoms with Crippen molar-refractivity contribution in [3.05, 3.63) is 69.0 Å². The third-order valence-electron chi connectivity index (χ3n) is 5.12. The Balaban J connectivity index is 1.77. The third-order valence-corrected chi connectivity index (χ3v) is 5.63. The minimum atomic E-state index is -0.113. The van der Waals surface area contributed by atoms with Crippen LogP contribution in [0.15, 0.2) is 41.5 Å². The number of hydrogen-bond donors (Lipinski definition) is 1. The first-order chi connectivity index (χ1) is 13.5. The van der Waals surface area contributed by atoms with E-state index in [-0.39, 0.29) is 12.5 Å². The number of rotatable bonds is 3. The van der Waals surface area contributed by atoms with Gasteiger partial charge in [0.25, 0.3) is 0 Å². The van der Waals surface area contributed by atoms with Gasteiger partial charge in [-0.1, -0.05) is 35.3 Å². The molecule has 1 aliphatic heterocycles. The summed E-state index contributed by atoms with van der Waals surface area (Å²) in [5.74, 6) is -0.113. The lowest BCUT2D eigenvalue weighted by molar-refractivity contribution is -0.116. The van der Waals surface area contributed by atoms with Crippen LogP contribution in [-0.4, -0.2) is 16.7 Å². The number of halogens is 2. The molecule has 1 N–H and O–H groups in total. The van der Waals surface area contributed by atoms with Gasteiger partial charge in [0.05, 0.1) is 10.5 Å². The molecular formula is C22H19Cl2N3O. The van der Waals surface area contributed by atoms with Gasteiger partial charge in [0.1, 0.15) is 6.54 Å². The fourth-order valence-corrected chi connectivity index (χ4v) is 4.19. The van der Waals surface area contributed by atoms with Crippen LogP contribution in [0.2, 0.25) is 10.0 Å². The van der Waals surface area contributed by atoms with Crippen molar-refractivity contribution >= 4 is 58.0 Å². The van der Waals surface area contributed by atoms with Gasteiger partial charge in [-0.05, 0) is 54.8 Å². The number of nitrogens with zero attached hydrogens (tertiary/aromatic N) is 2. The zero-order valence-electron chi connectivity index (χ0n) is 15.6. The molecule has 0 aliphatic carbocycles. The molecule has 0 bridgehead atoms. The SMILES string of the molecule is Cc1cccc(NC(=O)Cn2c3c(c4cc(Cl)cc(Cl)c42)CC=NC=C3)c1C. The molecule has 3 aromatic rings. The van der Waals surface area contributed by atoms with Crippen LogP contribution in [-0.2, 0) is 17.8 Å². The Morgan fingerprint density at radius 2 is 2.07 bits per heavy atom. The second kappa shape index (κ2) is 7.46. The molecule has 0 saturated carbocycles. The largest absolute Gasteiger partial charge is 0.330 e. The van der Waals surface area contributed by atoms with Crippen LogP contribution in [0.4, 0.5) is 5.69 Å². The predicted molar refractivity (Wildman–Crippen MR) is 118 cm³/mol. The van der Waals surface area contributed by atoms with Gasteiger partial charge < -0.3 is 9.88 Å². The molecule has 0 fully saturated rings. The van der Waals surface area contributed by atoms with Crippen LogP contribution in [0.1, 0.15) is 22.4 Å². The summed E-state index contributed by atoms with van der Waals surface area (Å²) in [6, 6.07) is 9.48. The lowest BCUT2D eigenvalue weighted by atomic mass is 10.1. The molecule has 1 aliphatic rings. The van der Waals surface area contributed by atoms with Crippen LogP contribution in [0, 0.1) is 13.8 Å². The zero-order valence-corrected chi connectivity index (χ0v) is 17.1. The first kappa shape index (κ1) is 18.8. The number of aromatic nitrogens is 1. The highest BCUT2D eigenvalue weighted by Crippen LogP contribution is 2.36. The Bertz CT molecular complexity index is 1160. The summed E-state index contributed by atoms with van der Waals surface area (Å²) in [6.45, 7) is 4.17. The average molecular weight is 412 g/mol. The van der Waals surface area contributed by atoms with Gasteiger partial charge in [-0.15, -0.1) is 0 Å². The molecule has 6 heteroatoms. The van der Waals surface area contributed by atoms with E-state index in [4.69, 9.17) is 23.2 Å². The van der Waals surface area contributed by atoms with Crippen LogP contribution in [0.3, 0.4) is 0 Å². The molecular weight excluding hydrogens is 393 g/mol. The van der Waals surface area contributed by atoms with E-state index >= 15 is 0 Å². The Labute approximate surface area is 173 Å². The van der Waals surface area contributed by atoms with Crippen molar-refractivity contribution < 1.29 is 4.79 Å². The number of hydrogen-bond acceptors (Lipinski definition) is 2. The number of nitrogens with one attached hydrogen (secondary N) is 1. The molecule has 142 valence electrons. The Hall–Kier alpha value is -2.56.